The van der Waals surface area contributed by atoms with Crippen LogP contribution in [0.15, 0.2) is 22.8 Å². The zero-order chi connectivity index (χ0) is 8.72. The van der Waals surface area contributed by atoms with E-state index in [-0.39, 0.29) is 5.82 Å². The average Bonchev–Trinajstić information content (AvgIpc) is 2.35. The molecule has 1 aromatic heterocycles. The van der Waals surface area contributed by atoms with Gasteiger partial charge in [-0.05, 0) is 22.0 Å². The second-order valence-electron chi connectivity index (χ2n) is 2.59. The molecule has 2 aromatic rings. The molecule has 12 heavy (non-hydrogen) atoms. The van der Waals surface area contributed by atoms with Crippen molar-refractivity contribution in [2.24, 2.45) is 7.05 Å². The maximum atomic E-state index is 13.0. The van der Waals surface area contributed by atoms with E-state index < -0.39 is 0 Å². The Morgan fingerprint density at radius 3 is 3.00 bits per heavy atom. The maximum Gasteiger partial charge on any atom is 0.139 e. The van der Waals surface area contributed by atoms with Crippen molar-refractivity contribution in [1.29, 1.82) is 0 Å². The van der Waals surface area contributed by atoms with Gasteiger partial charge in [-0.2, -0.15) is 5.10 Å². The van der Waals surface area contributed by atoms with Crippen LogP contribution < -0.4 is 0 Å². The summed E-state index contributed by atoms with van der Waals surface area (Å²) in [6, 6.07) is 3.18. The smallest absolute Gasteiger partial charge is 0.139 e. The standard InChI is InChI=1S/C8H6BrFN2/c1-12-8-3-7(10)6(9)2-5(8)4-11-12/h2-4H,1H3. The van der Waals surface area contributed by atoms with Crippen molar-refractivity contribution in [3.8, 4) is 0 Å². The van der Waals surface area contributed by atoms with Gasteiger partial charge in [0.25, 0.3) is 0 Å². The topological polar surface area (TPSA) is 17.8 Å². The molecule has 0 unspecified atom stereocenters. The number of benzene rings is 1. The molecule has 1 aromatic carbocycles. The van der Waals surface area contributed by atoms with Gasteiger partial charge < -0.3 is 0 Å². The van der Waals surface area contributed by atoms with E-state index in [2.05, 4.69) is 21.0 Å². The Morgan fingerprint density at radius 2 is 2.25 bits per heavy atom. The van der Waals surface area contributed by atoms with Crippen LogP contribution in [0.25, 0.3) is 10.9 Å². The summed E-state index contributed by atoms with van der Waals surface area (Å²) >= 11 is 3.11. The fourth-order valence-electron chi connectivity index (χ4n) is 1.15. The van der Waals surface area contributed by atoms with Gasteiger partial charge >= 0.3 is 0 Å². The van der Waals surface area contributed by atoms with Crippen LogP contribution in [0, 0.1) is 5.82 Å². The Kier molecular flexibility index (Phi) is 1.65. The van der Waals surface area contributed by atoms with Crippen LogP contribution >= 0.6 is 15.9 Å². The molecule has 0 spiro atoms. The molecule has 2 nitrogen and oxygen atoms in total. The Hall–Kier alpha value is -0.900. The van der Waals surface area contributed by atoms with Crippen molar-refractivity contribution in [1.82, 2.24) is 9.78 Å². The number of hydrogen-bond donors (Lipinski definition) is 0. The molecule has 0 N–H and O–H groups in total. The number of hydrogen-bond acceptors (Lipinski definition) is 1. The molecule has 0 saturated heterocycles. The van der Waals surface area contributed by atoms with Gasteiger partial charge in [0.15, 0.2) is 0 Å². The van der Waals surface area contributed by atoms with Gasteiger partial charge in [0.1, 0.15) is 5.82 Å². The molecule has 0 saturated carbocycles. The highest BCUT2D eigenvalue weighted by molar-refractivity contribution is 9.10. The van der Waals surface area contributed by atoms with E-state index in [9.17, 15) is 4.39 Å². The number of rotatable bonds is 0. The van der Waals surface area contributed by atoms with Crippen LogP contribution in [0.4, 0.5) is 4.39 Å². The molecular weight excluding hydrogens is 223 g/mol. The van der Waals surface area contributed by atoms with Crippen LogP contribution in [0.2, 0.25) is 0 Å². The summed E-state index contributed by atoms with van der Waals surface area (Å²) in [7, 11) is 1.79. The minimum absolute atomic E-state index is 0.258. The van der Waals surface area contributed by atoms with E-state index >= 15 is 0 Å². The van der Waals surface area contributed by atoms with E-state index in [4.69, 9.17) is 0 Å². The largest absolute Gasteiger partial charge is 0.268 e. The SMILES string of the molecule is Cn1ncc2cc(Br)c(F)cc21. The number of aryl methyl sites for hydroxylation is 1. The van der Waals surface area contributed by atoms with Crippen LogP contribution in [0.3, 0.4) is 0 Å². The number of nitrogens with zero attached hydrogens (tertiary/aromatic N) is 2. The van der Waals surface area contributed by atoms with Crippen molar-refractivity contribution < 1.29 is 4.39 Å². The summed E-state index contributed by atoms with van der Waals surface area (Å²) in [6.45, 7) is 0. The van der Waals surface area contributed by atoms with Crippen molar-refractivity contribution in [2.75, 3.05) is 0 Å². The Morgan fingerprint density at radius 1 is 1.50 bits per heavy atom. The minimum atomic E-state index is -0.258. The van der Waals surface area contributed by atoms with Gasteiger partial charge in [-0.15, -0.1) is 0 Å². The number of aromatic nitrogens is 2. The maximum absolute atomic E-state index is 13.0. The van der Waals surface area contributed by atoms with Crippen molar-refractivity contribution in [2.45, 2.75) is 0 Å². The number of halogens is 2. The van der Waals surface area contributed by atoms with Crippen LogP contribution in [0.5, 0.6) is 0 Å². The summed E-state index contributed by atoms with van der Waals surface area (Å²) < 4.78 is 15.1. The number of fused-ring (bicyclic) bond motifs is 1. The highest BCUT2D eigenvalue weighted by Crippen LogP contribution is 2.22. The molecule has 4 heteroatoms. The van der Waals surface area contributed by atoms with E-state index in [1.165, 1.54) is 6.07 Å². The van der Waals surface area contributed by atoms with E-state index in [1.807, 2.05) is 0 Å². The molecule has 0 aliphatic rings. The first-order valence-electron chi connectivity index (χ1n) is 3.45. The summed E-state index contributed by atoms with van der Waals surface area (Å²) in [5.41, 5.74) is 0.802. The van der Waals surface area contributed by atoms with Gasteiger partial charge in [0.05, 0.1) is 16.2 Å². The summed E-state index contributed by atoms with van der Waals surface area (Å²) in [5.74, 6) is -0.258. The van der Waals surface area contributed by atoms with Crippen molar-refractivity contribution in [3.05, 3.63) is 28.6 Å². The average molecular weight is 229 g/mol. The monoisotopic (exact) mass is 228 g/mol. The lowest BCUT2D eigenvalue weighted by Crippen LogP contribution is -1.89. The quantitative estimate of drug-likeness (QED) is 0.678. The zero-order valence-electron chi connectivity index (χ0n) is 6.38. The van der Waals surface area contributed by atoms with E-state index in [0.29, 0.717) is 4.47 Å². The molecule has 1 heterocycles. The highest BCUT2D eigenvalue weighted by atomic mass is 79.9. The van der Waals surface area contributed by atoms with Gasteiger partial charge in [0.2, 0.25) is 0 Å². The summed E-state index contributed by atoms with van der Waals surface area (Å²) in [5, 5.41) is 4.94. The van der Waals surface area contributed by atoms with Gasteiger partial charge in [-0.1, -0.05) is 0 Å². The third-order valence-corrected chi connectivity index (χ3v) is 2.40. The summed E-state index contributed by atoms with van der Waals surface area (Å²) in [6.07, 6.45) is 1.71. The van der Waals surface area contributed by atoms with Crippen molar-refractivity contribution in [3.63, 3.8) is 0 Å². The van der Waals surface area contributed by atoms with Crippen LogP contribution in [0.1, 0.15) is 0 Å². The van der Waals surface area contributed by atoms with E-state index in [1.54, 1.807) is 24.0 Å². The molecular formula is C8H6BrFN2. The Balaban J connectivity index is 2.87. The molecule has 0 amide bonds. The highest BCUT2D eigenvalue weighted by Gasteiger charge is 2.04. The third-order valence-electron chi connectivity index (χ3n) is 1.79. The second-order valence-corrected chi connectivity index (χ2v) is 3.45. The molecule has 2 rings (SSSR count). The fourth-order valence-corrected chi connectivity index (χ4v) is 1.51. The molecule has 0 fully saturated rings. The Labute approximate surface area is 77.1 Å². The lowest BCUT2D eigenvalue weighted by Gasteiger charge is -1.96. The molecule has 0 bridgehead atoms. The predicted octanol–water partition coefficient (Wildman–Crippen LogP) is 2.47. The lowest BCUT2D eigenvalue weighted by atomic mass is 10.2. The first-order valence-corrected chi connectivity index (χ1v) is 4.24. The Bertz CT molecular complexity index is 436. The van der Waals surface area contributed by atoms with Crippen LogP contribution in [-0.4, -0.2) is 9.78 Å². The van der Waals surface area contributed by atoms with Gasteiger partial charge in [0, 0.05) is 18.5 Å². The summed E-state index contributed by atoms with van der Waals surface area (Å²) in [4.78, 5) is 0. The van der Waals surface area contributed by atoms with Crippen molar-refractivity contribution >= 4 is 26.8 Å². The normalized spacial score (nSPS) is 10.9. The lowest BCUT2D eigenvalue weighted by molar-refractivity contribution is 0.621. The fraction of sp³-hybridized carbons (Fsp3) is 0.125. The molecule has 0 aliphatic carbocycles. The first kappa shape index (κ1) is 7.73. The van der Waals surface area contributed by atoms with Gasteiger partial charge in [-0.3, -0.25) is 4.68 Å². The molecule has 0 atom stereocenters. The minimum Gasteiger partial charge on any atom is -0.268 e. The molecule has 0 aliphatic heterocycles. The molecule has 62 valence electrons. The molecule has 0 radical (unpaired) electrons. The second kappa shape index (κ2) is 2.55. The zero-order valence-corrected chi connectivity index (χ0v) is 7.97. The third kappa shape index (κ3) is 1.03. The van der Waals surface area contributed by atoms with Gasteiger partial charge in [-0.25, -0.2) is 4.39 Å². The predicted molar refractivity (Wildman–Crippen MR) is 48.4 cm³/mol. The van der Waals surface area contributed by atoms with Crippen LogP contribution in [-0.2, 0) is 7.05 Å². The van der Waals surface area contributed by atoms with E-state index in [0.717, 1.165) is 10.9 Å². The first-order chi connectivity index (χ1) is 5.68.